The summed E-state index contributed by atoms with van der Waals surface area (Å²) in [6, 6.07) is 5.50. The zero-order chi connectivity index (χ0) is 19.4. The number of carbonyl (C=O) groups excluding carboxylic acids is 2. The highest BCUT2D eigenvalue weighted by Gasteiger charge is 2.38. The van der Waals surface area contributed by atoms with Crippen LogP contribution in [0.1, 0.15) is 19.4 Å². The van der Waals surface area contributed by atoms with Crippen LogP contribution in [0.4, 0.5) is 0 Å². The Labute approximate surface area is 159 Å². The van der Waals surface area contributed by atoms with Crippen LogP contribution in [0.5, 0.6) is 11.5 Å². The van der Waals surface area contributed by atoms with Crippen LogP contribution in [0.3, 0.4) is 0 Å². The molecule has 7 heteroatoms. The molecule has 1 N–H and O–H groups in total. The molecule has 27 heavy (non-hydrogen) atoms. The van der Waals surface area contributed by atoms with Gasteiger partial charge in [-0.1, -0.05) is 11.6 Å². The summed E-state index contributed by atoms with van der Waals surface area (Å²) < 4.78 is 11.2. The Kier molecular flexibility index (Phi) is 6.01. The third-order valence-corrected chi connectivity index (χ3v) is 4.87. The lowest BCUT2D eigenvalue weighted by molar-refractivity contribution is -0.149. The number of piperazine rings is 2. The molecule has 0 aliphatic carbocycles. The molecule has 2 aliphatic heterocycles. The average Bonchev–Trinajstić information content (AvgIpc) is 2.65. The Morgan fingerprint density at radius 2 is 2.07 bits per heavy atom. The van der Waals surface area contributed by atoms with Crippen molar-refractivity contribution in [3.05, 3.63) is 35.4 Å². The largest absolute Gasteiger partial charge is 0.493 e. The number of hydrogen-bond donors (Lipinski definition) is 1. The molecule has 2 saturated heterocycles. The summed E-state index contributed by atoms with van der Waals surface area (Å²) in [7, 11) is 1.63. The van der Waals surface area contributed by atoms with E-state index in [1.165, 1.54) is 5.57 Å². The number of hydrogen-bond acceptors (Lipinski definition) is 5. The van der Waals surface area contributed by atoms with E-state index in [0.717, 1.165) is 12.1 Å². The fraction of sp³-hybridized carbons (Fsp3) is 0.500. The summed E-state index contributed by atoms with van der Waals surface area (Å²) in [5, 5.41) is 2.67. The number of methoxy groups -OCH3 is 1. The average molecular weight is 373 g/mol. The molecule has 7 nitrogen and oxygen atoms in total. The summed E-state index contributed by atoms with van der Waals surface area (Å²) in [5.41, 5.74) is 2.28. The van der Waals surface area contributed by atoms with Crippen LogP contribution in [-0.4, -0.2) is 67.6 Å². The molecule has 2 amide bonds. The van der Waals surface area contributed by atoms with Gasteiger partial charge in [-0.2, -0.15) is 0 Å². The predicted molar refractivity (Wildman–Crippen MR) is 102 cm³/mol. The zero-order valence-electron chi connectivity index (χ0n) is 16.2. The van der Waals surface area contributed by atoms with Crippen molar-refractivity contribution in [2.45, 2.75) is 26.4 Å². The predicted octanol–water partition coefficient (Wildman–Crippen LogP) is 1.18. The van der Waals surface area contributed by atoms with Crippen LogP contribution in [0.2, 0.25) is 0 Å². The molecule has 2 heterocycles. The van der Waals surface area contributed by atoms with Crippen molar-refractivity contribution in [1.29, 1.82) is 0 Å². The molecule has 2 aliphatic rings. The lowest BCUT2D eigenvalue weighted by Gasteiger charge is -2.43. The van der Waals surface area contributed by atoms with Crippen molar-refractivity contribution in [3.8, 4) is 11.5 Å². The number of nitrogens with zero attached hydrogens (tertiary/aromatic N) is 2. The van der Waals surface area contributed by atoms with Crippen molar-refractivity contribution >= 4 is 11.8 Å². The SMILES string of the molecule is COc1cc(CN2CCN3C(=O)CNC(=O)[C@H]3C2)ccc1OCC=C(C)C. The molecule has 1 aromatic rings. The van der Waals surface area contributed by atoms with Gasteiger partial charge in [-0.25, -0.2) is 0 Å². The third kappa shape index (κ3) is 4.60. The number of nitrogens with one attached hydrogen (secondary N) is 1. The summed E-state index contributed by atoms with van der Waals surface area (Å²) in [5.74, 6) is 1.33. The summed E-state index contributed by atoms with van der Waals surface area (Å²) in [6.45, 7) is 7.24. The van der Waals surface area contributed by atoms with E-state index >= 15 is 0 Å². The second-order valence-electron chi connectivity index (χ2n) is 7.13. The van der Waals surface area contributed by atoms with Gasteiger partial charge in [0, 0.05) is 26.2 Å². The van der Waals surface area contributed by atoms with E-state index in [1.807, 2.05) is 38.1 Å². The van der Waals surface area contributed by atoms with Gasteiger partial charge in [-0.15, -0.1) is 0 Å². The number of fused-ring (bicyclic) bond motifs is 1. The molecule has 0 unspecified atom stereocenters. The Balaban J connectivity index is 1.64. The van der Waals surface area contributed by atoms with Gasteiger partial charge in [-0.05, 0) is 37.6 Å². The van der Waals surface area contributed by atoms with Gasteiger partial charge in [0.1, 0.15) is 12.6 Å². The Bertz CT molecular complexity index is 743. The number of ether oxygens (including phenoxy) is 2. The molecule has 0 radical (unpaired) electrons. The van der Waals surface area contributed by atoms with Crippen molar-refractivity contribution in [2.24, 2.45) is 0 Å². The van der Waals surface area contributed by atoms with Gasteiger partial charge in [0.15, 0.2) is 11.5 Å². The molecular weight excluding hydrogens is 346 g/mol. The van der Waals surface area contributed by atoms with Crippen LogP contribution in [0, 0.1) is 0 Å². The van der Waals surface area contributed by atoms with Crippen LogP contribution in [0.25, 0.3) is 0 Å². The Hall–Kier alpha value is -2.54. The van der Waals surface area contributed by atoms with E-state index in [2.05, 4.69) is 10.2 Å². The minimum atomic E-state index is -0.395. The van der Waals surface area contributed by atoms with Crippen LogP contribution < -0.4 is 14.8 Å². The minimum absolute atomic E-state index is 0.00112. The van der Waals surface area contributed by atoms with Gasteiger partial charge in [0.05, 0.1) is 13.7 Å². The van der Waals surface area contributed by atoms with Crippen molar-refractivity contribution in [3.63, 3.8) is 0 Å². The number of rotatable bonds is 6. The number of carbonyl (C=O) groups is 2. The molecule has 0 aromatic heterocycles. The van der Waals surface area contributed by atoms with E-state index in [-0.39, 0.29) is 18.4 Å². The first-order valence-corrected chi connectivity index (χ1v) is 9.20. The van der Waals surface area contributed by atoms with E-state index in [0.29, 0.717) is 37.7 Å². The fourth-order valence-electron chi connectivity index (χ4n) is 3.37. The second-order valence-corrected chi connectivity index (χ2v) is 7.13. The second kappa shape index (κ2) is 8.43. The normalized spacial score (nSPS) is 20.0. The van der Waals surface area contributed by atoms with E-state index in [9.17, 15) is 9.59 Å². The Morgan fingerprint density at radius 1 is 1.26 bits per heavy atom. The fourth-order valence-corrected chi connectivity index (χ4v) is 3.37. The summed E-state index contributed by atoms with van der Waals surface area (Å²) in [6.07, 6.45) is 2.02. The third-order valence-electron chi connectivity index (χ3n) is 4.87. The van der Waals surface area contributed by atoms with Gasteiger partial charge in [0.2, 0.25) is 11.8 Å². The van der Waals surface area contributed by atoms with Gasteiger partial charge in [0.25, 0.3) is 0 Å². The minimum Gasteiger partial charge on any atom is -0.493 e. The topological polar surface area (TPSA) is 71.1 Å². The summed E-state index contributed by atoms with van der Waals surface area (Å²) >= 11 is 0. The molecule has 2 fully saturated rings. The number of amides is 2. The maximum Gasteiger partial charge on any atom is 0.244 e. The molecule has 1 atom stereocenters. The van der Waals surface area contributed by atoms with E-state index < -0.39 is 6.04 Å². The van der Waals surface area contributed by atoms with Gasteiger partial charge < -0.3 is 19.7 Å². The van der Waals surface area contributed by atoms with E-state index in [4.69, 9.17) is 9.47 Å². The van der Waals surface area contributed by atoms with Crippen LogP contribution >= 0.6 is 0 Å². The number of allylic oxidation sites excluding steroid dienone is 1. The highest BCUT2D eigenvalue weighted by molar-refractivity contribution is 5.95. The van der Waals surface area contributed by atoms with Crippen LogP contribution in [0.15, 0.2) is 29.8 Å². The maximum atomic E-state index is 12.1. The molecule has 3 rings (SSSR count). The summed E-state index contributed by atoms with van der Waals surface area (Å²) in [4.78, 5) is 27.9. The molecule has 0 bridgehead atoms. The monoisotopic (exact) mass is 373 g/mol. The van der Waals surface area contributed by atoms with E-state index in [1.54, 1.807) is 12.0 Å². The standard InChI is InChI=1S/C20H27N3O4/c1-14(2)6-9-27-17-5-4-15(10-18(17)26-3)12-22-7-8-23-16(13-22)20(25)21-11-19(23)24/h4-6,10,16H,7-9,11-13H2,1-3H3,(H,21,25)/t16-/m1/s1. The highest BCUT2D eigenvalue weighted by Crippen LogP contribution is 2.29. The van der Waals surface area contributed by atoms with Crippen molar-refractivity contribution < 1.29 is 19.1 Å². The first kappa shape index (κ1) is 19.2. The zero-order valence-corrected chi connectivity index (χ0v) is 16.2. The smallest absolute Gasteiger partial charge is 0.244 e. The quantitative estimate of drug-likeness (QED) is 0.759. The molecule has 146 valence electrons. The number of benzene rings is 1. The first-order chi connectivity index (χ1) is 13.0. The lowest BCUT2D eigenvalue weighted by Crippen LogP contribution is -2.65. The molecular formula is C20H27N3O4. The Morgan fingerprint density at radius 3 is 2.81 bits per heavy atom. The molecule has 1 aromatic carbocycles. The van der Waals surface area contributed by atoms with Crippen molar-refractivity contribution in [2.75, 3.05) is 39.9 Å². The first-order valence-electron chi connectivity index (χ1n) is 9.20. The van der Waals surface area contributed by atoms with Crippen LogP contribution in [-0.2, 0) is 16.1 Å². The maximum absolute atomic E-state index is 12.1. The van der Waals surface area contributed by atoms with Crippen molar-refractivity contribution in [1.82, 2.24) is 15.1 Å². The molecule has 0 spiro atoms. The molecule has 0 saturated carbocycles. The van der Waals surface area contributed by atoms with Gasteiger partial charge in [-0.3, -0.25) is 14.5 Å². The van der Waals surface area contributed by atoms with Gasteiger partial charge >= 0.3 is 0 Å². The lowest BCUT2D eigenvalue weighted by atomic mass is 10.1. The highest BCUT2D eigenvalue weighted by atomic mass is 16.5.